The van der Waals surface area contributed by atoms with Crippen LogP contribution >= 0.6 is 0 Å². The van der Waals surface area contributed by atoms with Gasteiger partial charge in [0.25, 0.3) is 5.91 Å². The largest absolute Gasteiger partial charge is 0.489 e. The molecular weight excluding hydrogens is 380 g/mol. The first-order valence-electron chi connectivity index (χ1n) is 9.60. The SMILES string of the molecule is O=C1CN(C(=O)c2oc3ccccc3c2COc2ccccc2)c2ccccc2N1. The minimum Gasteiger partial charge on any atom is -0.489 e. The Bertz CT molecular complexity index is 1250. The fraction of sp³-hybridized carbons (Fsp3) is 0.0833. The molecule has 0 radical (unpaired) electrons. The van der Waals surface area contributed by atoms with Gasteiger partial charge < -0.3 is 14.5 Å². The number of hydrogen-bond acceptors (Lipinski definition) is 4. The smallest absolute Gasteiger partial charge is 0.294 e. The van der Waals surface area contributed by atoms with E-state index in [0.29, 0.717) is 28.3 Å². The van der Waals surface area contributed by atoms with Gasteiger partial charge in [0.1, 0.15) is 24.5 Å². The van der Waals surface area contributed by atoms with E-state index in [-0.39, 0.29) is 30.7 Å². The number of ether oxygens (including phenoxy) is 1. The molecule has 2 amide bonds. The molecule has 0 unspecified atom stereocenters. The summed E-state index contributed by atoms with van der Waals surface area (Å²) in [5, 5.41) is 3.61. The predicted octanol–water partition coefficient (Wildman–Crippen LogP) is 4.61. The first-order chi connectivity index (χ1) is 14.7. The molecule has 0 aliphatic carbocycles. The molecule has 1 aliphatic heterocycles. The highest BCUT2D eigenvalue weighted by molar-refractivity contribution is 6.15. The van der Waals surface area contributed by atoms with E-state index in [1.807, 2.05) is 66.7 Å². The molecule has 1 aliphatic rings. The molecule has 2 heterocycles. The Balaban J connectivity index is 1.55. The van der Waals surface area contributed by atoms with Crippen molar-refractivity contribution in [2.45, 2.75) is 6.61 Å². The van der Waals surface area contributed by atoms with E-state index in [2.05, 4.69) is 5.32 Å². The van der Waals surface area contributed by atoms with Gasteiger partial charge in [-0.1, -0.05) is 48.5 Å². The van der Waals surface area contributed by atoms with Gasteiger partial charge >= 0.3 is 0 Å². The van der Waals surface area contributed by atoms with Gasteiger partial charge in [-0.2, -0.15) is 0 Å². The third-order valence-corrected chi connectivity index (χ3v) is 5.03. The van der Waals surface area contributed by atoms with Crippen LogP contribution in [0.1, 0.15) is 16.1 Å². The van der Waals surface area contributed by atoms with Crippen LogP contribution in [0.25, 0.3) is 11.0 Å². The zero-order valence-corrected chi connectivity index (χ0v) is 16.0. The number of nitrogens with one attached hydrogen (secondary N) is 1. The van der Waals surface area contributed by atoms with Gasteiger partial charge in [0.2, 0.25) is 5.91 Å². The zero-order chi connectivity index (χ0) is 20.5. The Morgan fingerprint density at radius 1 is 0.967 bits per heavy atom. The van der Waals surface area contributed by atoms with E-state index in [4.69, 9.17) is 9.15 Å². The number of para-hydroxylation sites is 4. The van der Waals surface area contributed by atoms with Crippen LogP contribution in [0.4, 0.5) is 11.4 Å². The van der Waals surface area contributed by atoms with Gasteiger partial charge in [0.05, 0.1) is 11.4 Å². The Labute approximate surface area is 172 Å². The van der Waals surface area contributed by atoms with Crippen molar-refractivity contribution in [2.24, 2.45) is 0 Å². The Morgan fingerprint density at radius 3 is 2.57 bits per heavy atom. The Kier molecular flexibility index (Phi) is 4.44. The summed E-state index contributed by atoms with van der Waals surface area (Å²) >= 11 is 0. The van der Waals surface area contributed by atoms with Crippen LogP contribution in [-0.2, 0) is 11.4 Å². The van der Waals surface area contributed by atoms with Gasteiger partial charge in [0, 0.05) is 10.9 Å². The quantitative estimate of drug-likeness (QED) is 0.545. The zero-order valence-electron chi connectivity index (χ0n) is 16.0. The molecule has 4 aromatic rings. The van der Waals surface area contributed by atoms with Crippen molar-refractivity contribution in [2.75, 3.05) is 16.8 Å². The molecular formula is C24H18N2O4. The number of amides is 2. The summed E-state index contributed by atoms with van der Waals surface area (Å²) in [6, 6.07) is 24.1. The highest BCUT2D eigenvalue weighted by Crippen LogP contribution is 2.33. The molecule has 1 aromatic heterocycles. The lowest BCUT2D eigenvalue weighted by molar-refractivity contribution is -0.115. The number of benzene rings is 3. The fourth-order valence-electron chi connectivity index (χ4n) is 3.62. The van der Waals surface area contributed by atoms with Crippen LogP contribution in [0, 0.1) is 0 Å². The molecule has 6 nitrogen and oxygen atoms in total. The number of hydrogen-bond donors (Lipinski definition) is 1. The molecule has 0 saturated heterocycles. The molecule has 0 fully saturated rings. The molecule has 5 rings (SSSR count). The number of fused-ring (bicyclic) bond motifs is 2. The number of carbonyl (C=O) groups excluding carboxylic acids is 2. The molecule has 1 N–H and O–H groups in total. The maximum Gasteiger partial charge on any atom is 0.294 e. The predicted molar refractivity (Wildman–Crippen MR) is 114 cm³/mol. The minimum atomic E-state index is -0.375. The van der Waals surface area contributed by atoms with Crippen molar-refractivity contribution in [3.05, 3.63) is 90.2 Å². The maximum absolute atomic E-state index is 13.5. The number of carbonyl (C=O) groups is 2. The van der Waals surface area contributed by atoms with Gasteiger partial charge in [0.15, 0.2) is 5.76 Å². The molecule has 0 bridgehead atoms. The van der Waals surface area contributed by atoms with E-state index in [0.717, 1.165) is 5.39 Å². The lowest BCUT2D eigenvalue weighted by Gasteiger charge is -2.28. The summed E-state index contributed by atoms with van der Waals surface area (Å²) in [6.45, 7) is 0.0929. The molecule has 30 heavy (non-hydrogen) atoms. The van der Waals surface area contributed by atoms with Crippen molar-refractivity contribution in [1.29, 1.82) is 0 Å². The molecule has 6 heteroatoms. The van der Waals surface area contributed by atoms with Crippen molar-refractivity contribution < 1.29 is 18.7 Å². The van der Waals surface area contributed by atoms with Crippen molar-refractivity contribution >= 4 is 34.2 Å². The van der Waals surface area contributed by atoms with Crippen LogP contribution < -0.4 is 15.0 Å². The number of furan rings is 1. The molecule has 148 valence electrons. The minimum absolute atomic E-state index is 0.0775. The van der Waals surface area contributed by atoms with Crippen LogP contribution in [0.5, 0.6) is 5.75 Å². The number of nitrogens with zero attached hydrogens (tertiary/aromatic N) is 1. The summed E-state index contributed by atoms with van der Waals surface area (Å²) in [4.78, 5) is 27.1. The average molecular weight is 398 g/mol. The van der Waals surface area contributed by atoms with E-state index < -0.39 is 0 Å². The lowest BCUT2D eigenvalue weighted by atomic mass is 10.1. The summed E-state index contributed by atoms with van der Waals surface area (Å²) in [6.07, 6.45) is 0. The van der Waals surface area contributed by atoms with Gasteiger partial charge in [-0.25, -0.2) is 0 Å². The maximum atomic E-state index is 13.5. The summed E-state index contributed by atoms with van der Waals surface area (Å²) in [5.74, 6) is 0.251. The summed E-state index contributed by atoms with van der Waals surface area (Å²) in [7, 11) is 0. The third-order valence-electron chi connectivity index (χ3n) is 5.03. The molecule has 0 atom stereocenters. The Hall–Kier alpha value is -4.06. The van der Waals surface area contributed by atoms with Crippen molar-refractivity contribution in [1.82, 2.24) is 0 Å². The van der Waals surface area contributed by atoms with Crippen molar-refractivity contribution in [3.8, 4) is 5.75 Å². The second-order valence-electron chi connectivity index (χ2n) is 6.96. The topological polar surface area (TPSA) is 71.8 Å². The van der Waals surface area contributed by atoms with Gasteiger partial charge in [-0.3, -0.25) is 14.5 Å². The second-order valence-corrected chi connectivity index (χ2v) is 6.96. The van der Waals surface area contributed by atoms with Crippen LogP contribution in [0.15, 0.2) is 83.3 Å². The lowest BCUT2D eigenvalue weighted by Crippen LogP contribution is -2.42. The van der Waals surface area contributed by atoms with Gasteiger partial charge in [-0.05, 0) is 30.3 Å². The normalized spacial score (nSPS) is 13.1. The number of rotatable bonds is 4. The van der Waals surface area contributed by atoms with E-state index in [9.17, 15) is 9.59 Å². The van der Waals surface area contributed by atoms with E-state index >= 15 is 0 Å². The highest BCUT2D eigenvalue weighted by atomic mass is 16.5. The molecule has 0 spiro atoms. The van der Waals surface area contributed by atoms with E-state index in [1.54, 1.807) is 12.1 Å². The standard InChI is InChI=1S/C24H18N2O4/c27-22-14-26(20-12-6-5-11-19(20)25-22)24(28)23-18(15-29-16-8-2-1-3-9-16)17-10-4-7-13-21(17)30-23/h1-13H,14-15H2,(H,25,27). The first kappa shape index (κ1) is 18.0. The fourth-order valence-corrected chi connectivity index (χ4v) is 3.62. The summed E-state index contributed by atoms with van der Waals surface area (Å²) < 4.78 is 11.9. The summed E-state index contributed by atoms with van der Waals surface area (Å²) in [5.41, 5.74) is 2.49. The number of anilines is 2. The van der Waals surface area contributed by atoms with Crippen LogP contribution in [0.2, 0.25) is 0 Å². The van der Waals surface area contributed by atoms with Gasteiger partial charge in [-0.15, -0.1) is 0 Å². The van der Waals surface area contributed by atoms with Crippen LogP contribution in [-0.4, -0.2) is 18.4 Å². The molecule has 3 aromatic carbocycles. The Morgan fingerprint density at radius 2 is 1.70 bits per heavy atom. The van der Waals surface area contributed by atoms with Crippen LogP contribution in [0.3, 0.4) is 0 Å². The second kappa shape index (κ2) is 7.40. The van der Waals surface area contributed by atoms with E-state index in [1.165, 1.54) is 4.90 Å². The average Bonchev–Trinajstić information content (AvgIpc) is 3.16. The third kappa shape index (κ3) is 3.18. The molecule has 0 saturated carbocycles. The highest BCUT2D eigenvalue weighted by Gasteiger charge is 2.31. The monoisotopic (exact) mass is 398 g/mol. The first-order valence-corrected chi connectivity index (χ1v) is 9.60. The van der Waals surface area contributed by atoms with Crippen molar-refractivity contribution in [3.63, 3.8) is 0 Å².